The van der Waals surface area contributed by atoms with Crippen LogP contribution in [0.25, 0.3) is 22.2 Å². The highest BCUT2D eigenvalue weighted by Crippen LogP contribution is 2.29. The highest BCUT2D eigenvalue weighted by Gasteiger charge is 2.17. The predicted octanol–water partition coefficient (Wildman–Crippen LogP) is 6.09. The largest absolute Gasteiger partial charge is 0.497 e. The molecule has 4 rings (SSSR count). The number of esters is 1. The lowest BCUT2D eigenvalue weighted by Crippen LogP contribution is -2.21. The molecular weight excluding hydrogens is 496 g/mol. The van der Waals surface area contributed by atoms with Crippen LogP contribution < -0.4 is 10.1 Å². The molecule has 7 heteroatoms. The fraction of sp³-hybridized carbons (Fsp3) is 0.148. The van der Waals surface area contributed by atoms with Crippen LogP contribution in [0.3, 0.4) is 0 Å². The van der Waals surface area contributed by atoms with Gasteiger partial charge in [0.15, 0.2) is 6.61 Å². The van der Waals surface area contributed by atoms with E-state index in [0.717, 1.165) is 26.9 Å². The molecular formula is C27H23BrN2O4. The molecule has 0 bridgehead atoms. The van der Waals surface area contributed by atoms with Crippen molar-refractivity contribution >= 4 is 44.4 Å². The fourth-order valence-corrected chi connectivity index (χ4v) is 3.92. The molecule has 0 aliphatic rings. The maximum Gasteiger partial charge on any atom is 0.339 e. The van der Waals surface area contributed by atoms with Gasteiger partial charge in [-0.25, -0.2) is 9.78 Å². The monoisotopic (exact) mass is 518 g/mol. The lowest BCUT2D eigenvalue weighted by molar-refractivity contribution is -0.119. The van der Waals surface area contributed by atoms with Crippen LogP contribution in [0.1, 0.15) is 21.5 Å². The number of hydrogen-bond acceptors (Lipinski definition) is 5. The van der Waals surface area contributed by atoms with E-state index in [4.69, 9.17) is 14.5 Å². The molecule has 0 atom stereocenters. The van der Waals surface area contributed by atoms with Crippen LogP contribution in [0, 0.1) is 13.8 Å². The quantitative estimate of drug-likeness (QED) is 0.312. The number of benzene rings is 3. The van der Waals surface area contributed by atoms with E-state index in [-0.39, 0.29) is 0 Å². The number of pyridine rings is 1. The van der Waals surface area contributed by atoms with Gasteiger partial charge in [-0.1, -0.05) is 28.1 Å². The first kappa shape index (κ1) is 23.4. The molecule has 1 heterocycles. The van der Waals surface area contributed by atoms with Crippen molar-refractivity contribution in [3.63, 3.8) is 0 Å². The molecule has 0 spiro atoms. The third kappa shape index (κ3) is 5.10. The van der Waals surface area contributed by atoms with Gasteiger partial charge in [0.1, 0.15) is 5.75 Å². The number of nitrogens with zero attached hydrogens (tertiary/aromatic N) is 1. The summed E-state index contributed by atoms with van der Waals surface area (Å²) in [5.74, 6) is -0.281. The summed E-state index contributed by atoms with van der Waals surface area (Å²) in [7, 11) is 1.60. The molecule has 172 valence electrons. The maximum atomic E-state index is 13.1. The van der Waals surface area contributed by atoms with Crippen LogP contribution in [0.5, 0.6) is 5.75 Å². The Bertz CT molecular complexity index is 1380. The summed E-state index contributed by atoms with van der Waals surface area (Å²) in [5, 5.41) is 3.44. The standard InChI is InChI=1S/C27H23BrN2O4/c1-16-5-4-6-23(17(16)2)30-26(31)15-34-27(32)22-14-25(18-7-10-20(33-3)11-8-18)29-24-12-9-19(28)13-21(22)24/h4-14H,15H2,1-3H3,(H,30,31). The number of anilines is 1. The van der Waals surface area contributed by atoms with E-state index in [1.165, 1.54) is 0 Å². The van der Waals surface area contributed by atoms with Crippen LogP contribution in [0.15, 0.2) is 71.2 Å². The number of ether oxygens (including phenoxy) is 2. The number of hydrogen-bond donors (Lipinski definition) is 1. The minimum absolute atomic E-state index is 0.330. The summed E-state index contributed by atoms with van der Waals surface area (Å²) in [5.41, 5.74) is 5.14. The summed E-state index contributed by atoms with van der Waals surface area (Å²) in [6.45, 7) is 3.50. The van der Waals surface area contributed by atoms with Gasteiger partial charge < -0.3 is 14.8 Å². The average molecular weight is 519 g/mol. The number of halogens is 1. The SMILES string of the molecule is COc1ccc(-c2cc(C(=O)OCC(=O)Nc3cccc(C)c3C)c3cc(Br)ccc3n2)cc1. The van der Waals surface area contributed by atoms with E-state index < -0.39 is 18.5 Å². The number of nitrogens with one attached hydrogen (secondary N) is 1. The zero-order valence-electron chi connectivity index (χ0n) is 19.0. The predicted molar refractivity (Wildman–Crippen MR) is 136 cm³/mol. The lowest BCUT2D eigenvalue weighted by Gasteiger charge is -2.12. The highest BCUT2D eigenvalue weighted by atomic mass is 79.9. The van der Waals surface area contributed by atoms with Crippen LogP contribution >= 0.6 is 15.9 Å². The second-order valence-corrected chi connectivity index (χ2v) is 8.73. The molecule has 0 radical (unpaired) electrons. The molecule has 0 aliphatic carbocycles. The molecule has 1 aromatic heterocycles. The first-order valence-electron chi connectivity index (χ1n) is 10.6. The van der Waals surface area contributed by atoms with Crippen molar-refractivity contribution < 1.29 is 19.1 Å². The topological polar surface area (TPSA) is 77.5 Å². The van der Waals surface area contributed by atoms with Gasteiger partial charge in [-0.15, -0.1) is 0 Å². The number of amides is 1. The Morgan fingerprint density at radius 3 is 2.50 bits per heavy atom. The summed E-state index contributed by atoms with van der Waals surface area (Å²) < 4.78 is 11.4. The Morgan fingerprint density at radius 1 is 1.00 bits per heavy atom. The van der Waals surface area contributed by atoms with Crippen molar-refractivity contribution in [1.82, 2.24) is 4.98 Å². The fourth-order valence-electron chi connectivity index (χ4n) is 3.56. The van der Waals surface area contributed by atoms with Crippen LogP contribution in [0.4, 0.5) is 5.69 Å². The smallest absolute Gasteiger partial charge is 0.339 e. The van der Waals surface area contributed by atoms with E-state index in [1.54, 1.807) is 13.2 Å². The number of aromatic nitrogens is 1. The Morgan fingerprint density at radius 2 is 1.76 bits per heavy atom. The van der Waals surface area contributed by atoms with Crippen LogP contribution in [-0.4, -0.2) is 30.6 Å². The second kappa shape index (κ2) is 10.1. The average Bonchev–Trinajstić information content (AvgIpc) is 2.84. The third-order valence-electron chi connectivity index (χ3n) is 5.59. The number of methoxy groups -OCH3 is 1. The molecule has 1 N–H and O–H groups in total. The zero-order chi connectivity index (χ0) is 24.2. The van der Waals surface area contributed by atoms with Gasteiger partial charge in [0.2, 0.25) is 0 Å². The van der Waals surface area contributed by atoms with E-state index in [1.807, 2.05) is 74.5 Å². The molecule has 0 aliphatic heterocycles. The Kier molecular flexibility index (Phi) is 6.93. The molecule has 0 fully saturated rings. The number of carbonyl (C=O) groups is 2. The summed E-state index contributed by atoms with van der Waals surface area (Å²) in [4.78, 5) is 30.2. The van der Waals surface area contributed by atoms with Gasteiger partial charge in [-0.05, 0) is 79.6 Å². The van der Waals surface area contributed by atoms with Gasteiger partial charge in [0.25, 0.3) is 5.91 Å². The molecule has 4 aromatic rings. The number of carbonyl (C=O) groups excluding carboxylic acids is 2. The Labute approximate surface area is 206 Å². The van der Waals surface area contributed by atoms with Gasteiger partial charge in [0, 0.05) is 21.1 Å². The number of fused-ring (bicyclic) bond motifs is 1. The summed E-state index contributed by atoms with van der Waals surface area (Å²) in [6.07, 6.45) is 0. The van der Waals surface area contributed by atoms with Crippen molar-refractivity contribution in [2.75, 3.05) is 19.0 Å². The Hall–Kier alpha value is -3.71. The van der Waals surface area contributed by atoms with Gasteiger partial charge >= 0.3 is 5.97 Å². The molecule has 1 amide bonds. The minimum Gasteiger partial charge on any atom is -0.497 e. The van der Waals surface area contributed by atoms with Crippen molar-refractivity contribution in [2.24, 2.45) is 0 Å². The molecule has 0 unspecified atom stereocenters. The molecule has 6 nitrogen and oxygen atoms in total. The van der Waals surface area contributed by atoms with E-state index in [2.05, 4.69) is 21.2 Å². The highest BCUT2D eigenvalue weighted by molar-refractivity contribution is 9.10. The minimum atomic E-state index is -0.601. The molecule has 0 saturated heterocycles. The van der Waals surface area contributed by atoms with Crippen molar-refractivity contribution in [2.45, 2.75) is 13.8 Å². The number of rotatable bonds is 6. The third-order valence-corrected chi connectivity index (χ3v) is 6.08. The molecule has 0 saturated carbocycles. The summed E-state index contributed by atoms with van der Waals surface area (Å²) >= 11 is 3.45. The van der Waals surface area contributed by atoms with Gasteiger partial charge in [-0.2, -0.15) is 0 Å². The van der Waals surface area contributed by atoms with Crippen LogP contribution in [-0.2, 0) is 9.53 Å². The first-order chi connectivity index (χ1) is 16.4. The first-order valence-corrected chi connectivity index (χ1v) is 11.4. The normalized spacial score (nSPS) is 10.7. The molecule has 34 heavy (non-hydrogen) atoms. The number of aryl methyl sites for hydroxylation is 1. The summed E-state index contributed by atoms with van der Waals surface area (Å²) in [6, 6.07) is 20.2. The zero-order valence-corrected chi connectivity index (χ0v) is 20.6. The molecule has 3 aromatic carbocycles. The van der Waals surface area contributed by atoms with Crippen LogP contribution in [0.2, 0.25) is 0 Å². The van der Waals surface area contributed by atoms with E-state index in [0.29, 0.717) is 27.8 Å². The van der Waals surface area contributed by atoms with Crippen molar-refractivity contribution in [3.8, 4) is 17.0 Å². The van der Waals surface area contributed by atoms with Gasteiger partial charge in [-0.3, -0.25) is 4.79 Å². The maximum absolute atomic E-state index is 13.1. The second-order valence-electron chi connectivity index (χ2n) is 7.82. The van der Waals surface area contributed by atoms with E-state index in [9.17, 15) is 9.59 Å². The van der Waals surface area contributed by atoms with Gasteiger partial charge in [0.05, 0.1) is 23.9 Å². The van der Waals surface area contributed by atoms with Crippen molar-refractivity contribution in [3.05, 3.63) is 87.9 Å². The Balaban J connectivity index is 1.60. The van der Waals surface area contributed by atoms with Crippen molar-refractivity contribution in [1.29, 1.82) is 0 Å². The lowest BCUT2D eigenvalue weighted by atomic mass is 10.0. The van der Waals surface area contributed by atoms with E-state index >= 15 is 0 Å².